The summed E-state index contributed by atoms with van der Waals surface area (Å²) in [6, 6.07) is 17.4. The molecule has 0 aliphatic rings. The minimum atomic E-state index is -3.87. The van der Waals surface area contributed by atoms with Crippen LogP contribution in [0, 0.1) is 5.92 Å². The van der Waals surface area contributed by atoms with Gasteiger partial charge >= 0.3 is 13.6 Å². The lowest BCUT2D eigenvalue weighted by Crippen LogP contribution is -2.47. The van der Waals surface area contributed by atoms with Crippen molar-refractivity contribution in [3.63, 3.8) is 0 Å². The van der Waals surface area contributed by atoms with Gasteiger partial charge in [-0.3, -0.25) is 14.4 Å². The molecule has 9 heteroatoms. The number of rotatable bonds is 10. The number of carbonyl (C=O) groups excluding carboxylic acids is 2. The quantitative estimate of drug-likeness (QED) is 0.480. The highest BCUT2D eigenvalue weighted by atomic mass is 31.2. The standard InChI is InChI=1S/C22H30N3O5P/c1-16(2)20(23)21(26)25-31(28,29-3)19(14-17-10-6-4-7-11-17)24-22(27)30-15-18-12-8-5-9-13-18/h4-13,16,19-20H,14-15,23H2,1-3H3,(H,24,27)(H,25,26,28)/t19?,20-,31?/m0/s1. The number of amides is 2. The summed E-state index contributed by atoms with van der Waals surface area (Å²) in [5.74, 6) is -1.83. The van der Waals surface area contributed by atoms with E-state index < -0.39 is 31.3 Å². The Morgan fingerprint density at radius 3 is 2.06 bits per heavy atom. The third-order valence-electron chi connectivity index (χ3n) is 4.74. The second-order valence-electron chi connectivity index (χ2n) is 7.44. The van der Waals surface area contributed by atoms with Crippen molar-refractivity contribution < 1.29 is 23.4 Å². The Hall–Kier alpha value is -2.67. The Morgan fingerprint density at radius 2 is 1.55 bits per heavy atom. The Labute approximate surface area is 183 Å². The number of benzene rings is 2. The largest absolute Gasteiger partial charge is 0.445 e. The first-order chi connectivity index (χ1) is 14.7. The Kier molecular flexibility index (Phi) is 9.24. The predicted molar refractivity (Wildman–Crippen MR) is 119 cm³/mol. The summed E-state index contributed by atoms with van der Waals surface area (Å²) in [5.41, 5.74) is 7.50. The van der Waals surface area contributed by atoms with E-state index in [0.29, 0.717) is 0 Å². The molecule has 2 rings (SSSR count). The molecular formula is C22H30N3O5P. The minimum Gasteiger partial charge on any atom is -0.445 e. The zero-order valence-electron chi connectivity index (χ0n) is 18.0. The maximum absolute atomic E-state index is 13.6. The van der Waals surface area contributed by atoms with Gasteiger partial charge in [0.2, 0.25) is 5.91 Å². The Morgan fingerprint density at radius 1 is 1.00 bits per heavy atom. The summed E-state index contributed by atoms with van der Waals surface area (Å²) >= 11 is 0. The number of hydrogen-bond acceptors (Lipinski definition) is 6. The van der Waals surface area contributed by atoms with E-state index in [-0.39, 0.29) is 18.9 Å². The summed E-state index contributed by atoms with van der Waals surface area (Å²) in [6.07, 6.45) is -0.617. The van der Waals surface area contributed by atoms with Gasteiger partial charge in [-0.1, -0.05) is 74.5 Å². The van der Waals surface area contributed by atoms with Gasteiger partial charge in [-0.25, -0.2) is 4.79 Å². The average Bonchev–Trinajstić information content (AvgIpc) is 2.77. The SMILES string of the molecule is COP(=O)(NC(=O)[C@@H](N)C(C)C)C(Cc1ccccc1)NC(=O)OCc1ccccc1. The van der Waals surface area contributed by atoms with E-state index >= 15 is 0 Å². The van der Waals surface area contributed by atoms with Crippen LogP contribution in [-0.2, 0) is 31.6 Å². The average molecular weight is 447 g/mol. The van der Waals surface area contributed by atoms with E-state index in [1.54, 1.807) is 13.8 Å². The molecule has 0 radical (unpaired) electrons. The topological polar surface area (TPSA) is 120 Å². The molecule has 0 spiro atoms. The molecule has 168 valence electrons. The summed E-state index contributed by atoms with van der Waals surface area (Å²) < 4.78 is 24.1. The first-order valence-electron chi connectivity index (χ1n) is 9.99. The maximum Gasteiger partial charge on any atom is 0.408 e. The molecule has 31 heavy (non-hydrogen) atoms. The number of carbonyl (C=O) groups is 2. The maximum atomic E-state index is 13.6. The summed E-state index contributed by atoms with van der Waals surface area (Å²) in [7, 11) is -2.65. The lowest BCUT2D eigenvalue weighted by Gasteiger charge is -2.28. The van der Waals surface area contributed by atoms with Gasteiger partial charge in [0.15, 0.2) is 0 Å². The fraction of sp³-hybridized carbons (Fsp3) is 0.364. The van der Waals surface area contributed by atoms with Crippen LogP contribution in [-0.4, -0.2) is 30.9 Å². The summed E-state index contributed by atoms with van der Waals surface area (Å²) in [4.78, 5) is 24.9. The smallest absolute Gasteiger partial charge is 0.408 e. The van der Waals surface area contributed by atoms with Crippen molar-refractivity contribution >= 4 is 19.5 Å². The van der Waals surface area contributed by atoms with Crippen molar-refractivity contribution in [2.24, 2.45) is 11.7 Å². The molecule has 3 atom stereocenters. The molecule has 0 aliphatic heterocycles. The molecule has 0 aliphatic carbocycles. The van der Waals surface area contributed by atoms with Gasteiger partial charge in [0.05, 0.1) is 6.04 Å². The van der Waals surface area contributed by atoms with Crippen LogP contribution < -0.4 is 16.1 Å². The highest BCUT2D eigenvalue weighted by Gasteiger charge is 2.38. The number of ether oxygens (including phenoxy) is 1. The van der Waals surface area contributed by atoms with Gasteiger partial charge in [0, 0.05) is 13.5 Å². The number of nitrogens with one attached hydrogen (secondary N) is 2. The van der Waals surface area contributed by atoms with E-state index in [9.17, 15) is 14.2 Å². The van der Waals surface area contributed by atoms with Crippen molar-refractivity contribution in [3.05, 3.63) is 71.8 Å². The van der Waals surface area contributed by atoms with Crippen molar-refractivity contribution in [2.45, 2.75) is 38.7 Å². The van der Waals surface area contributed by atoms with Gasteiger partial charge in [-0.15, -0.1) is 0 Å². The molecule has 0 saturated carbocycles. The molecule has 0 aromatic heterocycles. The molecule has 4 N–H and O–H groups in total. The molecule has 8 nitrogen and oxygen atoms in total. The van der Waals surface area contributed by atoms with Crippen LogP contribution in [0.3, 0.4) is 0 Å². The van der Waals surface area contributed by atoms with E-state index in [4.69, 9.17) is 15.0 Å². The minimum absolute atomic E-state index is 0.0482. The van der Waals surface area contributed by atoms with E-state index in [0.717, 1.165) is 11.1 Å². The molecule has 2 unspecified atom stereocenters. The Balaban J connectivity index is 2.18. The number of hydrogen-bond donors (Lipinski definition) is 3. The molecule has 0 saturated heterocycles. The lowest BCUT2D eigenvalue weighted by molar-refractivity contribution is -0.121. The third-order valence-corrected chi connectivity index (χ3v) is 6.94. The second kappa shape index (κ2) is 11.6. The van der Waals surface area contributed by atoms with E-state index in [1.165, 1.54) is 7.11 Å². The molecule has 0 bridgehead atoms. The normalized spacial score (nSPS) is 14.9. The highest BCUT2D eigenvalue weighted by molar-refractivity contribution is 7.58. The van der Waals surface area contributed by atoms with Gasteiger partial charge in [-0.2, -0.15) is 0 Å². The predicted octanol–water partition coefficient (Wildman–Crippen LogP) is 3.42. The van der Waals surface area contributed by atoms with Gasteiger partial charge in [0.1, 0.15) is 12.4 Å². The molecule has 2 aromatic rings. The van der Waals surface area contributed by atoms with E-state index in [2.05, 4.69) is 10.4 Å². The monoisotopic (exact) mass is 447 g/mol. The molecule has 0 fully saturated rings. The highest BCUT2D eigenvalue weighted by Crippen LogP contribution is 2.47. The Bertz CT molecular complexity index is 893. The van der Waals surface area contributed by atoms with E-state index in [1.807, 2.05) is 60.7 Å². The fourth-order valence-corrected chi connectivity index (χ4v) is 4.46. The lowest BCUT2D eigenvalue weighted by atomic mass is 10.1. The zero-order chi connectivity index (χ0) is 22.9. The fourth-order valence-electron chi connectivity index (χ4n) is 2.78. The van der Waals surface area contributed by atoms with Crippen molar-refractivity contribution in [2.75, 3.05) is 7.11 Å². The third kappa shape index (κ3) is 7.51. The number of alkyl carbamates (subject to hydrolysis) is 1. The first-order valence-corrected chi connectivity index (χ1v) is 11.7. The van der Waals surface area contributed by atoms with Crippen LogP contribution >= 0.6 is 7.52 Å². The van der Waals surface area contributed by atoms with Crippen LogP contribution in [0.25, 0.3) is 0 Å². The van der Waals surface area contributed by atoms with Crippen LogP contribution in [0.2, 0.25) is 0 Å². The summed E-state index contributed by atoms with van der Waals surface area (Å²) in [5, 5.41) is 5.02. The van der Waals surface area contributed by atoms with Gasteiger partial charge in [0.25, 0.3) is 0 Å². The van der Waals surface area contributed by atoms with Crippen molar-refractivity contribution in [1.82, 2.24) is 10.4 Å². The first kappa shape index (κ1) is 24.6. The van der Waals surface area contributed by atoms with Crippen LogP contribution in [0.15, 0.2) is 60.7 Å². The molecular weight excluding hydrogens is 417 g/mol. The van der Waals surface area contributed by atoms with Gasteiger partial charge in [-0.05, 0) is 17.0 Å². The van der Waals surface area contributed by atoms with Crippen molar-refractivity contribution in [1.29, 1.82) is 0 Å². The zero-order valence-corrected chi connectivity index (χ0v) is 18.9. The van der Waals surface area contributed by atoms with Crippen molar-refractivity contribution in [3.8, 4) is 0 Å². The second-order valence-corrected chi connectivity index (χ2v) is 9.84. The van der Waals surface area contributed by atoms with Crippen LogP contribution in [0.4, 0.5) is 4.79 Å². The summed E-state index contributed by atoms with van der Waals surface area (Å²) in [6.45, 7) is 3.61. The molecule has 0 heterocycles. The molecule has 2 aromatic carbocycles. The van der Waals surface area contributed by atoms with Crippen LogP contribution in [0.1, 0.15) is 25.0 Å². The van der Waals surface area contributed by atoms with Gasteiger partial charge < -0.3 is 20.3 Å². The molecule has 2 amide bonds. The number of nitrogens with two attached hydrogens (primary N) is 1. The van der Waals surface area contributed by atoms with Crippen LogP contribution in [0.5, 0.6) is 0 Å².